The summed E-state index contributed by atoms with van der Waals surface area (Å²) >= 11 is 0. The van der Waals surface area contributed by atoms with E-state index in [2.05, 4.69) is 11.1 Å². The van der Waals surface area contributed by atoms with Crippen molar-refractivity contribution >= 4 is 26.8 Å². The monoisotopic (exact) mass is 377 g/mol. The first kappa shape index (κ1) is 18.9. The SMILES string of the molecule is CCN(Cc1ccc2[nH]ccc2c1)C(=O)C1CCN(S(=O)(=O)CC)CC1. The Morgan fingerprint density at radius 1 is 1.23 bits per heavy atom. The van der Waals surface area contributed by atoms with E-state index >= 15 is 0 Å². The van der Waals surface area contributed by atoms with Gasteiger partial charge in [-0.15, -0.1) is 0 Å². The number of fused-ring (bicyclic) bond motifs is 1. The van der Waals surface area contributed by atoms with E-state index in [-0.39, 0.29) is 17.6 Å². The zero-order chi connectivity index (χ0) is 18.7. The van der Waals surface area contributed by atoms with E-state index in [0.717, 1.165) is 16.5 Å². The number of H-pyrrole nitrogens is 1. The van der Waals surface area contributed by atoms with E-state index in [1.807, 2.05) is 36.2 Å². The Bertz CT molecular complexity index is 867. The second-order valence-corrected chi connectivity index (χ2v) is 9.08. The highest BCUT2D eigenvalue weighted by atomic mass is 32.2. The molecule has 1 N–H and O–H groups in total. The third-order valence-corrected chi connectivity index (χ3v) is 7.13. The molecular weight excluding hydrogens is 350 g/mol. The molecule has 0 atom stereocenters. The van der Waals surface area contributed by atoms with Gasteiger partial charge in [0.25, 0.3) is 0 Å². The molecule has 1 amide bonds. The molecule has 3 rings (SSSR count). The summed E-state index contributed by atoms with van der Waals surface area (Å²) in [6.45, 7) is 5.77. The zero-order valence-electron chi connectivity index (χ0n) is 15.4. The molecule has 0 unspecified atom stereocenters. The summed E-state index contributed by atoms with van der Waals surface area (Å²) in [4.78, 5) is 18.0. The minimum atomic E-state index is -3.15. The fourth-order valence-corrected chi connectivity index (χ4v) is 4.72. The van der Waals surface area contributed by atoms with Crippen molar-refractivity contribution in [2.24, 2.45) is 5.92 Å². The van der Waals surface area contributed by atoms with Crippen molar-refractivity contribution in [2.75, 3.05) is 25.4 Å². The maximum Gasteiger partial charge on any atom is 0.226 e. The maximum atomic E-state index is 12.9. The number of carbonyl (C=O) groups excluding carboxylic acids is 1. The van der Waals surface area contributed by atoms with Crippen LogP contribution in [0.4, 0.5) is 0 Å². The molecule has 1 fully saturated rings. The molecule has 0 bridgehead atoms. The Morgan fingerprint density at radius 3 is 2.62 bits per heavy atom. The van der Waals surface area contributed by atoms with Crippen molar-refractivity contribution in [3.8, 4) is 0 Å². The second kappa shape index (κ2) is 7.80. The molecule has 1 aromatic heterocycles. The third kappa shape index (κ3) is 3.94. The fraction of sp³-hybridized carbons (Fsp3) is 0.526. The van der Waals surface area contributed by atoms with Gasteiger partial charge in [0.15, 0.2) is 0 Å². The number of hydrogen-bond acceptors (Lipinski definition) is 3. The molecule has 26 heavy (non-hydrogen) atoms. The summed E-state index contributed by atoms with van der Waals surface area (Å²) in [7, 11) is -3.15. The second-order valence-electron chi connectivity index (χ2n) is 6.83. The Kier molecular flexibility index (Phi) is 5.67. The van der Waals surface area contributed by atoms with Crippen LogP contribution in [0.15, 0.2) is 30.5 Å². The number of amides is 1. The molecule has 2 heterocycles. The first-order valence-electron chi connectivity index (χ1n) is 9.27. The number of sulfonamides is 1. The highest BCUT2D eigenvalue weighted by Gasteiger charge is 2.32. The van der Waals surface area contributed by atoms with Gasteiger partial charge in [0.05, 0.1) is 5.75 Å². The highest BCUT2D eigenvalue weighted by Crippen LogP contribution is 2.23. The van der Waals surface area contributed by atoms with E-state index in [0.29, 0.717) is 39.0 Å². The number of piperidine rings is 1. The van der Waals surface area contributed by atoms with Gasteiger partial charge in [0, 0.05) is 43.8 Å². The highest BCUT2D eigenvalue weighted by molar-refractivity contribution is 7.89. The minimum Gasteiger partial charge on any atom is -0.361 e. The van der Waals surface area contributed by atoms with Crippen molar-refractivity contribution in [1.82, 2.24) is 14.2 Å². The van der Waals surface area contributed by atoms with Crippen LogP contribution in [0.1, 0.15) is 32.3 Å². The number of nitrogens with zero attached hydrogens (tertiary/aromatic N) is 2. The predicted octanol–water partition coefficient (Wildman–Crippen LogP) is 2.58. The van der Waals surface area contributed by atoms with Gasteiger partial charge in [-0.25, -0.2) is 12.7 Å². The van der Waals surface area contributed by atoms with Crippen molar-refractivity contribution in [1.29, 1.82) is 0 Å². The largest absolute Gasteiger partial charge is 0.361 e. The maximum absolute atomic E-state index is 12.9. The van der Waals surface area contributed by atoms with Crippen LogP contribution in [-0.2, 0) is 21.4 Å². The summed E-state index contributed by atoms with van der Waals surface area (Å²) < 4.78 is 25.5. The molecule has 1 aromatic carbocycles. The lowest BCUT2D eigenvalue weighted by Crippen LogP contribution is -2.44. The number of hydrogen-bond donors (Lipinski definition) is 1. The van der Waals surface area contributed by atoms with E-state index in [1.54, 1.807) is 6.92 Å². The topological polar surface area (TPSA) is 73.5 Å². The number of nitrogens with one attached hydrogen (secondary N) is 1. The molecule has 1 aliphatic heterocycles. The van der Waals surface area contributed by atoms with Crippen molar-refractivity contribution < 1.29 is 13.2 Å². The summed E-state index contributed by atoms with van der Waals surface area (Å²) in [5, 5.41) is 1.14. The molecule has 0 saturated carbocycles. The number of aromatic nitrogens is 1. The van der Waals surface area contributed by atoms with Gasteiger partial charge in [-0.05, 0) is 55.8 Å². The predicted molar refractivity (Wildman–Crippen MR) is 103 cm³/mol. The van der Waals surface area contributed by atoms with Crippen LogP contribution in [0.25, 0.3) is 10.9 Å². The number of rotatable bonds is 6. The lowest BCUT2D eigenvalue weighted by molar-refractivity contribution is -0.137. The molecule has 7 heteroatoms. The van der Waals surface area contributed by atoms with Gasteiger partial charge in [0.2, 0.25) is 15.9 Å². The minimum absolute atomic E-state index is 0.0887. The molecular formula is C19H27N3O3S. The Hall–Kier alpha value is -1.86. The standard InChI is InChI=1S/C19H27N3O3S/c1-3-21(14-15-5-6-18-17(13-15)7-10-20-18)19(23)16-8-11-22(12-9-16)26(24,25)4-2/h5-7,10,13,16,20H,3-4,8-9,11-12,14H2,1-2H3. The van der Waals surface area contributed by atoms with Gasteiger partial charge < -0.3 is 9.88 Å². The quantitative estimate of drug-likeness (QED) is 0.841. The average Bonchev–Trinajstić information content (AvgIpc) is 3.13. The van der Waals surface area contributed by atoms with Crippen LogP contribution >= 0.6 is 0 Å². The van der Waals surface area contributed by atoms with Gasteiger partial charge in [0.1, 0.15) is 0 Å². The lowest BCUT2D eigenvalue weighted by atomic mass is 9.96. The smallest absolute Gasteiger partial charge is 0.226 e. The Balaban J connectivity index is 1.64. The van der Waals surface area contributed by atoms with Crippen LogP contribution in [0.5, 0.6) is 0 Å². The first-order chi connectivity index (χ1) is 12.4. The van der Waals surface area contributed by atoms with E-state index in [1.165, 1.54) is 4.31 Å². The van der Waals surface area contributed by atoms with Gasteiger partial charge in [-0.1, -0.05) is 6.07 Å². The van der Waals surface area contributed by atoms with Crippen LogP contribution in [0, 0.1) is 5.92 Å². The summed E-state index contributed by atoms with van der Waals surface area (Å²) in [5.41, 5.74) is 2.20. The first-order valence-corrected chi connectivity index (χ1v) is 10.9. The van der Waals surface area contributed by atoms with Crippen molar-refractivity contribution in [3.05, 3.63) is 36.0 Å². The lowest BCUT2D eigenvalue weighted by Gasteiger charge is -2.33. The number of carbonyl (C=O) groups is 1. The molecule has 6 nitrogen and oxygen atoms in total. The van der Waals surface area contributed by atoms with Gasteiger partial charge in [-0.3, -0.25) is 4.79 Å². The number of aromatic amines is 1. The van der Waals surface area contributed by atoms with E-state index in [4.69, 9.17) is 0 Å². The van der Waals surface area contributed by atoms with Crippen LogP contribution in [0.3, 0.4) is 0 Å². The molecule has 0 aliphatic carbocycles. The Labute approximate surface area is 155 Å². The Morgan fingerprint density at radius 2 is 1.96 bits per heavy atom. The molecule has 0 radical (unpaired) electrons. The average molecular weight is 378 g/mol. The molecule has 1 aliphatic rings. The summed E-state index contributed by atoms with van der Waals surface area (Å²) in [6.07, 6.45) is 3.12. The molecule has 1 saturated heterocycles. The number of benzene rings is 1. The van der Waals surface area contributed by atoms with Crippen LogP contribution < -0.4 is 0 Å². The van der Waals surface area contributed by atoms with E-state index < -0.39 is 10.0 Å². The zero-order valence-corrected chi connectivity index (χ0v) is 16.3. The van der Waals surface area contributed by atoms with Crippen LogP contribution in [-0.4, -0.2) is 53.9 Å². The third-order valence-electron chi connectivity index (χ3n) is 5.25. The van der Waals surface area contributed by atoms with Crippen molar-refractivity contribution in [3.63, 3.8) is 0 Å². The summed E-state index contributed by atoms with van der Waals surface area (Å²) in [5.74, 6) is 0.165. The molecule has 142 valence electrons. The van der Waals surface area contributed by atoms with Crippen LogP contribution in [0.2, 0.25) is 0 Å². The van der Waals surface area contributed by atoms with Gasteiger partial charge >= 0.3 is 0 Å². The fourth-order valence-electron chi connectivity index (χ4n) is 3.59. The summed E-state index contributed by atoms with van der Waals surface area (Å²) in [6, 6.07) is 8.22. The normalized spacial score (nSPS) is 16.8. The van der Waals surface area contributed by atoms with E-state index in [9.17, 15) is 13.2 Å². The molecule has 0 spiro atoms. The van der Waals surface area contributed by atoms with Crippen molar-refractivity contribution in [2.45, 2.75) is 33.2 Å². The van der Waals surface area contributed by atoms with Gasteiger partial charge in [-0.2, -0.15) is 0 Å². The molecule has 2 aromatic rings.